The lowest BCUT2D eigenvalue weighted by molar-refractivity contribution is -0.120. The van der Waals surface area contributed by atoms with E-state index in [1.165, 1.54) is 0 Å². The number of nitrogens with zero attached hydrogens (tertiary/aromatic N) is 3. The van der Waals surface area contributed by atoms with Gasteiger partial charge in [-0.15, -0.1) is 0 Å². The molecule has 70 valence electrons. The molecule has 1 aromatic heterocycles. The maximum Gasteiger partial charge on any atom is 0.239 e. The standard InChI is InChI=1S/C8H12N4O/c1-3-8(13)11-10-5-7-4-9-6-12(7)2/h4-6H,3H2,1-2H3,(H,11,13)/b10-5+. The summed E-state index contributed by atoms with van der Waals surface area (Å²) in [5.74, 6) is -0.0987. The quantitative estimate of drug-likeness (QED) is 0.536. The van der Waals surface area contributed by atoms with Crippen LogP contribution in [0.25, 0.3) is 0 Å². The summed E-state index contributed by atoms with van der Waals surface area (Å²) in [6.45, 7) is 1.77. The van der Waals surface area contributed by atoms with Crippen LogP contribution in [0.15, 0.2) is 17.6 Å². The van der Waals surface area contributed by atoms with Gasteiger partial charge in [-0.25, -0.2) is 10.4 Å². The van der Waals surface area contributed by atoms with Crippen molar-refractivity contribution < 1.29 is 4.79 Å². The van der Waals surface area contributed by atoms with Gasteiger partial charge in [0.15, 0.2) is 0 Å². The predicted molar refractivity (Wildman–Crippen MR) is 49.2 cm³/mol. The topological polar surface area (TPSA) is 59.3 Å². The third-order valence-corrected chi connectivity index (χ3v) is 1.56. The van der Waals surface area contributed by atoms with Crippen LogP contribution in [0.1, 0.15) is 19.0 Å². The van der Waals surface area contributed by atoms with Crippen molar-refractivity contribution >= 4 is 12.1 Å². The average molecular weight is 180 g/mol. The van der Waals surface area contributed by atoms with E-state index in [1.807, 2.05) is 11.6 Å². The Balaban J connectivity index is 2.50. The zero-order valence-corrected chi connectivity index (χ0v) is 7.69. The molecule has 0 unspecified atom stereocenters. The molecule has 1 N–H and O–H groups in total. The summed E-state index contributed by atoms with van der Waals surface area (Å²) in [5, 5.41) is 3.76. The molecule has 0 aromatic carbocycles. The minimum absolute atomic E-state index is 0.0987. The molecule has 0 fully saturated rings. The molecule has 0 saturated carbocycles. The molecule has 1 aromatic rings. The van der Waals surface area contributed by atoms with Crippen LogP contribution in [-0.4, -0.2) is 21.7 Å². The molecule has 5 heteroatoms. The number of carbonyl (C=O) groups excluding carboxylic acids is 1. The number of aryl methyl sites for hydroxylation is 1. The van der Waals surface area contributed by atoms with E-state index in [-0.39, 0.29) is 5.91 Å². The molecule has 0 spiro atoms. The fourth-order valence-electron chi connectivity index (χ4n) is 0.741. The van der Waals surface area contributed by atoms with Gasteiger partial charge < -0.3 is 4.57 Å². The Morgan fingerprint density at radius 3 is 3.15 bits per heavy atom. The number of imidazole rings is 1. The van der Waals surface area contributed by atoms with Gasteiger partial charge in [-0.1, -0.05) is 6.92 Å². The van der Waals surface area contributed by atoms with E-state index in [0.29, 0.717) is 6.42 Å². The summed E-state index contributed by atoms with van der Waals surface area (Å²) < 4.78 is 1.81. The third-order valence-electron chi connectivity index (χ3n) is 1.56. The summed E-state index contributed by atoms with van der Waals surface area (Å²) in [6, 6.07) is 0. The van der Waals surface area contributed by atoms with Gasteiger partial charge in [0.05, 0.1) is 24.4 Å². The molecule has 13 heavy (non-hydrogen) atoms. The van der Waals surface area contributed by atoms with Crippen molar-refractivity contribution in [1.82, 2.24) is 15.0 Å². The number of amides is 1. The fourth-order valence-corrected chi connectivity index (χ4v) is 0.741. The van der Waals surface area contributed by atoms with Gasteiger partial charge in [0.1, 0.15) is 0 Å². The van der Waals surface area contributed by atoms with Crippen molar-refractivity contribution in [3.8, 4) is 0 Å². The normalized spacial score (nSPS) is 10.6. The fraction of sp³-hybridized carbons (Fsp3) is 0.375. The van der Waals surface area contributed by atoms with Crippen LogP contribution in [0.3, 0.4) is 0 Å². The van der Waals surface area contributed by atoms with Gasteiger partial charge in [-0.2, -0.15) is 5.10 Å². The smallest absolute Gasteiger partial charge is 0.239 e. The second-order valence-corrected chi connectivity index (χ2v) is 2.58. The first-order chi connectivity index (χ1) is 6.24. The molecule has 0 aliphatic carbocycles. The van der Waals surface area contributed by atoms with E-state index >= 15 is 0 Å². The zero-order valence-electron chi connectivity index (χ0n) is 7.69. The van der Waals surface area contributed by atoms with Crippen LogP contribution in [0, 0.1) is 0 Å². The average Bonchev–Trinajstić information content (AvgIpc) is 2.52. The van der Waals surface area contributed by atoms with Crippen LogP contribution in [0.4, 0.5) is 0 Å². The zero-order chi connectivity index (χ0) is 9.68. The number of rotatable bonds is 3. The Labute approximate surface area is 76.5 Å². The Morgan fingerprint density at radius 2 is 2.62 bits per heavy atom. The van der Waals surface area contributed by atoms with Gasteiger partial charge >= 0.3 is 0 Å². The third kappa shape index (κ3) is 2.70. The largest absolute Gasteiger partial charge is 0.333 e. The first-order valence-corrected chi connectivity index (χ1v) is 4.02. The highest BCUT2D eigenvalue weighted by molar-refractivity contribution is 5.80. The number of hydrazone groups is 1. The molecular formula is C8H12N4O. The molecule has 0 atom stereocenters. The lowest BCUT2D eigenvalue weighted by atomic mass is 10.5. The molecular weight excluding hydrogens is 168 g/mol. The van der Waals surface area contributed by atoms with Crippen LogP contribution in [0.5, 0.6) is 0 Å². The van der Waals surface area contributed by atoms with Crippen molar-refractivity contribution in [3.05, 3.63) is 18.2 Å². The van der Waals surface area contributed by atoms with Gasteiger partial charge in [0.2, 0.25) is 5.91 Å². The first-order valence-electron chi connectivity index (χ1n) is 4.02. The monoisotopic (exact) mass is 180 g/mol. The van der Waals surface area contributed by atoms with Crippen LogP contribution >= 0.6 is 0 Å². The van der Waals surface area contributed by atoms with Gasteiger partial charge in [-0.3, -0.25) is 4.79 Å². The summed E-state index contributed by atoms with van der Waals surface area (Å²) in [6.07, 6.45) is 5.33. The molecule has 1 rings (SSSR count). The van der Waals surface area contributed by atoms with Gasteiger partial charge in [-0.05, 0) is 0 Å². The number of aromatic nitrogens is 2. The number of carbonyl (C=O) groups is 1. The molecule has 0 saturated heterocycles. The van der Waals surface area contributed by atoms with Gasteiger partial charge in [0, 0.05) is 13.5 Å². The number of nitrogens with one attached hydrogen (secondary N) is 1. The second-order valence-electron chi connectivity index (χ2n) is 2.58. The molecule has 0 aliphatic rings. The van der Waals surface area contributed by atoms with E-state index < -0.39 is 0 Å². The summed E-state index contributed by atoms with van der Waals surface area (Å²) >= 11 is 0. The Hall–Kier alpha value is -1.65. The predicted octanol–water partition coefficient (Wildman–Crippen LogP) is 0.280. The molecule has 0 aliphatic heterocycles. The van der Waals surface area contributed by atoms with Crippen LogP contribution < -0.4 is 5.43 Å². The van der Waals surface area contributed by atoms with Gasteiger partial charge in [0.25, 0.3) is 0 Å². The van der Waals surface area contributed by atoms with Crippen LogP contribution in [0.2, 0.25) is 0 Å². The molecule has 0 bridgehead atoms. The number of hydrogen-bond acceptors (Lipinski definition) is 3. The summed E-state index contributed by atoms with van der Waals surface area (Å²) in [4.78, 5) is 14.7. The Kier molecular flexibility index (Phi) is 3.19. The van der Waals surface area contributed by atoms with E-state index in [0.717, 1.165) is 5.69 Å². The lowest BCUT2D eigenvalue weighted by Crippen LogP contribution is -2.15. The molecule has 1 amide bonds. The van der Waals surface area contributed by atoms with E-state index in [2.05, 4.69) is 15.5 Å². The van der Waals surface area contributed by atoms with E-state index in [9.17, 15) is 4.79 Å². The van der Waals surface area contributed by atoms with Crippen molar-refractivity contribution in [1.29, 1.82) is 0 Å². The second kappa shape index (κ2) is 4.39. The van der Waals surface area contributed by atoms with E-state index in [1.54, 1.807) is 25.7 Å². The highest BCUT2D eigenvalue weighted by Gasteiger charge is 1.94. The van der Waals surface area contributed by atoms with Crippen molar-refractivity contribution in [2.45, 2.75) is 13.3 Å². The molecule has 0 radical (unpaired) electrons. The van der Waals surface area contributed by atoms with E-state index in [4.69, 9.17) is 0 Å². The minimum Gasteiger partial charge on any atom is -0.333 e. The Bertz CT molecular complexity index is 316. The molecule has 1 heterocycles. The summed E-state index contributed by atoms with van der Waals surface area (Å²) in [5.41, 5.74) is 3.23. The van der Waals surface area contributed by atoms with Crippen molar-refractivity contribution in [2.24, 2.45) is 12.1 Å². The van der Waals surface area contributed by atoms with Crippen LogP contribution in [-0.2, 0) is 11.8 Å². The van der Waals surface area contributed by atoms with Crippen molar-refractivity contribution in [2.75, 3.05) is 0 Å². The highest BCUT2D eigenvalue weighted by Crippen LogP contribution is 1.90. The lowest BCUT2D eigenvalue weighted by Gasteiger charge is -1.95. The Morgan fingerprint density at radius 1 is 1.85 bits per heavy atom. The molecule has 5 nitrogen and oxygen atoms in total. The first kappa shape index (κ1) is 9.44. The maximum atomic E-state index is 10.8. The SMILES string of the molecule is CCC(=O)N/N=C/c1cncn1C. The van der Waals surface area contributed by atoms with Crippen molar-refractivity contribution in [3.63, 3.8) is 0 Å². The summed E-state index contributed by atoms with van der Waals surface area (Å²) in [7, 11) is 1.86. The number of hydrogen-bond donors (Lipinski definition) is 1. The maximum absolute atomic E-state index is 10.8. The highest BCUT2D eigenvalue weighted by atomic mass is 16.2. The minimum atomic E-state index is -0.0987.